The molecule has 0 aromatic carbocycles. The van der Waals surface area contributed by atoms with Crippen LogP contribution in [0.1, 0.15) is 18.1 Å². The van der Waals surface area contributed by atoms with Crippen LogP contribution in [0.4, 0.5) is 0 Å². The van der Waals surface area contributed by atoms with Crippen LogP contribution in [0, 0.1) is 0 Å². The molecule has 6 nitrogen and oxygen atoms in total. The van der Waals surface area contributed by atoms with Gasteiger partial charge < -0.3 is 4.98 Å². The largest absolute Gasteiger partial charge is 0.359 e. The number of hydrogen-bond acceptors (Lipinski definition) is 4. The quantitative estimate of drug-likeness (QED) is 0.468. The molecule has 2 N–H and O–H groups in total. The first kappa shape index (κ1) is 17.1. The molecule has 5 aromatic heterocycles. The van der Waals surface area contributed by atoms with Crippen LogP contribution in [-0.4, -0.2) is 30.1 Å². The lowest BCUT2D eigenvalue weighted by Crippen LogP contribution is -1.86. The van der Waals surface area contributed by atoms with Gasteiger partial charge in [0.1, 0.15) is 5.69 Å². The van der Waals surface area contributed by atoms with Crippen molar-refractivity contribution in [2.75, 3.05) is 0 Å². The maximum atomic E-state index is 4.53. The lowest BCUT2D eigenvalue weighted by molar-refractivity contribution is 1.11. The number of aromatic amines is 2. The monoisotopic (exact) mass is 378 g/mol. The predicted octanol–water partition coefficient (Wildman–Crippen LogP) is 4.86. The van der Waals surface area contributed by atoms with Crippen LogP contribution in [0.5, 0.6) is 0 Å². The third-order valence-electron chi connectivity index (χ3n) is 4.90. The van der Waals surface area contributed by atoms with E-state index in [2.05, 4.69) is 42.3 Å². The molecule has 0 aliphatic rings. The molecule has 0 spiro atoms. The summed E-state index contributed by atoms with van der Waals surface area (Å²) in [7, 11) is 0. The molecule has 0 atom stereocenters. The molecule has 0 amide bonds. The minimum atomic E-state index is 0.818. The van der Waals surface area contributed by atoms with Gasteiger partial charge in [-0.25, -0.2) is 0 Å². The van der Waals surface area contributed by atoms with Crippen molar-refractivity contribution in [3.05, 3.63) is 90.7 Å². The molecule has 0 fully saturated rings. The molecule has 5 aromatic rings. The molecule has 6 heteroatoms. The van der Waals surface area contributed by atoms with Crippen LogP contribution >= 0.6 is 0 Å². The fourth-order valence-corrected chi connectivity index (χ4v) is 3.49. The minimum absolute atomic E-state index is 0.818. The van der Waals surface area contributed by atoms with Crippen LogP contribution in [0.25, 0.3) is 39.3 Å². The van der Waals surface area contributed by atoms with Crippen LogP contribution in [0.15, 0.2) is 79.5 Å². The number of nitrogens with zero attached hydrogens (tertiary/aromatic N) is 4. The van der Waals surface area contributed by atoms with Gasteiger partial charge in [-0.2, -0.15) is 5.10 Å². The summed E-state index contributed by atoms with van der Waals surface area (Å²) in [6, 6.07) is 14.0. The highest BCUT2D eigenvalue weighted by molar-refractivity contribution is 5.94. The van der Waals surface area contributed by atoms with Gasteiger partial charge in [0, 0.05) is 35.7 Å². The second-order valence-corrected chi connectivity index (χ2v) is 6.64. The number of H-pyrrole nitrogens is 2. The van der Waals surface area contributed by atoms with Gasteiger partial charge >= 0.3 is 0 Å². The zero-order valence-electron chi connectivity index (χ0n) is 15.8. The molecule has 0 saturated heterocycles. The Morgan fingerprint density at radius 3 is 2.62 bits per heavy atom. The van der Waals surface area contributed by atoms with Crippen LogP contribution in [0.3, 0.4) is 0 Å². The number of pyridine rings is 3. The minimum Gasteiger partial charge on any atom is -0.359 e. The first-order chi connectivity index (χ1) is 14.3. The van der Waals surface area contributed by atoms with E-state index in [0.717, 1.165) is 50.4 Å². The summed E-state index contributed by atoms with van der Waals surface area (Å²) >= 11 is 0. The number of allylic oxidation sites excluding steroid dienone is 1. The van der Waals surface area contributed by atoms with E-state index in [1.54, 1.807) is 24.8 Å². The summed E-state index contributed by atoms with van der Waals surface area (Å²) < 4.78 is 0. The summed E-state index contributed by atoms with van der Waals surface area (Å²) in [5, 5.41) is 8.60. The Morgan fingerprint density at radius 2 is 1.83 bits per heavy atom. The van der Waals surface area contributed by atoms with E-state index in [-0.39, 0.29) is 0 Å². The van der Waals surface area contributed by atoms with Gasteiger partial charge in [0.15, 0.2) is 0 Å². The van der Waals surface area contributed by atoms with Crippen molar-refractivity contribution < 1.29 is 0 Å². The zero-order chi connectivity index (χ0) is 19.6. The standard InChI is InChI=1S/C23H18N6/c1-2-17(15-6-9-24-10-7-15)16-11-21(26-13-16)23-18-12-20(19-5-3-4-8-25-19)27-14-22(18)28-29-23/h2-14,26H,1H3,(H,28,29)/b17-2-. The number of nitrogens with one attached hydrogen (secondary N) is 2. The third-order valence-corrected chi connectivity index (χ3v) is 4.90. The molecular weight excluding hydrogens is 360 g/mol. The average Bonchev–Trinajstić information content (AvgIpc) is 3.42. The Kier molecular flexibility index (Phi) is 4.22. The van der Waals surface area contributed by atoms with E-state index >= 15 is 0 Å². The first-order valence-corrected chi connectivity index (χ1v) is 9.35. The van der Waals surface area contributed by atoms with Crippen LogP contribution in [0.2, 0.25) is 0 Å². The smallest absolute Gasteiger partial charge is 0.116 e. The van der Waals surface area contributed by atoms with Gasteiger partial charge in [0.05, 0.1) is 28.8 Å². The summed E-state index contributed by atoms with van der Waals surface area (Å²) in [5.41, 5.74) is 7.71. The first-order valence-electron chi connectivity index (χ1n) is 9.35. The summed E-state index contributed by atoms with van der Waals surface area (Å²) in [6.07, 6.45) is 11.3. The Labute approximate surface area is 167 Å². The van der Waals surface area contributed by atoms with Crippen molar-refractivity contribution in [3.63, 3.8) is 0 Å². The summed E-state index contributed by atoms with van der Waals surface area (Å²) in [5.74, 6) is 0. The van der Waals surface area contributed by atoms with E-state index in [1.807, 2.05) is 49.5 Å². The summed E-state index contributed by atoms with van der Waals surface area (Å²) in [4.78, 5) is 16.4. The molecule has 140 valence electrons. The maximum Gasteiger partial charge on any atom is 0.116 e. The molecule has 0 bridgehead atoms. The van der Waals surface area contributed by atoms with Gasteiger partial charge in [-0.15, -0.1) is 0 Å². The highest BCUT2D eigenvalue weighted by atomic mass is 15.1. The number of fused-ring (bicyclic) bond motifs is 1. The molecule has 0 unspecified atom stereocenters. The predicted molar refractivity (Wildman–Crippen MR) is 114 cm³/mol. The molecule has 29 heavy (non-hydrogen) atoms. The molecule has 0 saturated carbocycles. The fourth-order valence-electron chi connectivity index (χ4n) is 3.49. The van der Waals surface area contributed by atoms with E-state index < -0.39 is 0 Å². The molecular formula is C23H18N6. The second kappa shape index (κ2) is 7.16. The molecule has 0 aliphatic carbocycles. The normalized spacial score (nSPS) is 11.8. The third kappa shape index (κ3) is 3.10. The topological polar surface area (TPSA) is 83.1 Å². The Hall–Kier alpha value is -4.06. The van der Waals surface area contributed by atoms with E-state index in [9.17, 15) is 0 Å². The van der Waals surface area contributed by atoms with Gasteiger partial charge in [0.25, 0.3) is 0 Å². The van der Waals surface area contributed by atoms with Crippen LogP contribution in [-0.2, 0) is 0 Å². The Balaban J connectivity index is 1.57. The highest BCUT2D eigenvalue weighted by Gasteiger charge is 2.14. The van der Waals surface area contributed by atoms with Gasteiger partial charge in [0.2, 0.25) is 0 Å². The van der Waals surface area contributed by atoms with Gasteiger partial charge in [-0.3, -0.25) is 20.1 Å². The van der Waals surface area contributed by atoms with Crippen molar-refractivity contribution in [2.24, 2.45) is 0 Å². The SMILES string of the molecule is C/C=C(/c1ccncc1)c1c[nH]c(-c2n[nH]c3cnc(-c4ccccn4)cc23)c1. The van der Waals surface area contributed by atoms with Crippen molar-refractivity contribution in [1.82, 2.24) is 30.1 Å². The Morgan fingerprint density at radius 1 is 0.931 bits per heavy atom. The van der Waals surface area contributed by atoms with Gasteiger partial charge in [-0.1, -0.05) is 12.1 Å². The van der Waals surface area contributed by atoms with Crippen molar-refractivity contribution in [1.29, 1.82) is 0 Å². The number of aromatic nitrogens is 6. The molecule has 0 aliphatic heterocycles. The number of rotatable bonds is 4. The molecule has 5 rings (SSSR count). The Bertz CT molecular complexity index is 1300. The molecule has 0 radical (unpaired) electrons. The maximum absolute atomic E-state index is 4.53. The molecule has 5 heterocycles. The summed E-state index contributed by atoms with van der Waals surface area (Å²) in [6.45, 7) is 2.04. The number of hydrogen-bond donors (Lipinski definition) is 2. The van der Waals surface area contributed by atoms with Gasteiger partial charge in [-0.05, 0) is 54.5 Å². The van der Waals surface area contributed by atoms with Crippen molar-refractivity contribution in [3.8, 4) is 22.8 Å². The lowest BCUT2D eigenvalue weighted by Gasteiger charge is -2.04. The lowest BCUT2D eigenvalue weighted by atomic mass is 10.0. The van der Waals surface area contributed by atoms with Crippen LogP contribution < -0.4 is 0 Å². The second-order valence-electron chi connectivity index (χ2n) is 6.64. The average molecular weight is 378 g/mol. The van der Waals surface area contributed by atoms with Crippen molar-refractivity contribution >= 4 is 16.5 Å². The zero-order valence-corrected chi connectivity index (χ0v) is 15.8. The van der Waals surface area contributed by atoms with E-state index in [1.165, 1.54) is 0 Å². The van der Waals surface area contributed by atoms with E-state index in [0.29, 0.717) is 0 Å². The van der Waals surface area contributed by atoms with Crippen molar-refractivity contribution in [2.45, 2.75) is 6.92 Å². The van der Waals surface area contributed by atoms with E-state index in [4.69, 9.17) is 0 Å². The fraction of sp³-hybridized carbons (Fsp3) is 0.0435. The highest BCUT2D eigenvalue weighted by Crippen LogP contribution is 2.31.